The van der Waals surface area contributed by atoms with Crippen LogP contribution in [0.1, 0.15) is 28.2 Å². The van der Waals surface area contributed by atoms with Crippen molar-refractivity contribution in [2.75, 3.05) is 0 Å². The van der Waals surface area contributed by atoms with Crippen LogP contribution < -0.4 is 0 Å². The number of nitrogens with zero attached hydrogens (tertiary/aromatic N) is 4. The second-order valence-corrected chi connectivity index (χ2v) is 5.88. The molecule has 2 heterocycles. The molecule has 25 heavy (non-hydrogen) atoms. The summed E-state index contributed by atoms with van der Waals surface area (Å²) in [6.45, 7) is 1.84. The van der Waals surface area contributed by atoms with Crippen LogP contribution in [0.2, 0.25) is 0 Å². The molecule has 0 saturated carbocycles. The number of imidazole rings is 1. The predicted octanol–water partition coefficient (Wildman–Crippen LogP) is 3.05. The topological polar surface area (TPSA) is 67.7 Å². The molecule has 122 valence electrons. The Morgan fingerprint density at radius 2 is 2.04 bits per heavy atom. The molecule has 1 aliphatic heterocycles. The highest BCUT2D eigenvalue weighted by Crippen LogP contribution is 2.27. The van der Waals surface area contributed by atoms with Gasteiger partial charge in [-0.1, -0.05) is 12.1 Å². The molecule has 3 aromatic rings. The first kappa shape index (κ1) is 15.1. The maximum Gasteiger partial charge on any atom is 0.231 e. The van der Waals surface area contributed by atoms with Crippen LogP contribution in [0.3, 0.4) is 0 Å². The molecule has 2 aromatic carbocycles. The van der Waals surface area contributed by atoms with E-state index in [-0.39, 0.29) is 17.8 Å². The van der Waals surface area contributed by atoms with Crippen LogP contribution in [0.4, 0.5) is 4.39 Å². The van der Waals surface area contributed by atoms with Crippen LogP contribution in [0.15, 0.2) is 48.7 Å². The Hall–Kier alpha value is -3.46. The van der Waals surface area contributed by atoms with Crippen molar-refractivity contribution >= 4 is 5.71 Å². The monoisotopic (exact) mass is 332 g/mol. The maximum atomic E-state index is 14.4. The predicted molar refractivity (Wildman–Crippen MR) is 90.0 cm³/mol. The summed E-state index contributed by atoms with van der Waals surface area (Å²) in [6, 6.07) is 13.3. The molecule has 0 unspecified atom stereocenters. The number of benzene rings is 2. The van der Waals surface area contributed by atoms with E-state index in [0.717, 1.165) is 10.4 Å². The first-order chi connectivity index (χ1) is 12.1. The Kier molecular flexibility index (Phi) is 3.36. The molecule has 0 N–H and O–H groups in total. The van der Waals surface area contributed by atoms with Gasteiger partial charge in [0.1, 0.15) is 5.82 Å². The summed E-state index contributed by atoms with van der Waals surface area (Å²) >= 11 is 0. The summed E-state index contributed by atoms with van der Waals surface area (Å²) in [5.41, 5.74) is 2.81. The number of aromatic nitrogens is 2. The van der Waals surface area contributed by atoms with E-state index in [4.69, 9.17) is 0 Å². The molecule has 0 spiro atoms. The van der Waals surface area contributed by atoms with Gasteiger partial charge < -0.3 is 5.21 Å². The van der Waals surface area contributed by atoms with E-state index in [0.29, 0.717) is 22.6 Å². The van der Waals surface area contributed by atoms with Crippen molar-refractivity contribution in [3.8, 4) is 11.8 Å². The minimum atomic E-state index is -0.484. The molecule has 0 radical (unpaired) electrons. The second-order valence-electron chi connectivity index (χ2n) is 5.88. The Morgan fingerprint density at radius 1 is 1.24 bits per heavy atom. The average molecular weight is 332 g/mol. The van der Waals surface area contributed by atoms with Gasteiger partial charge in [-0.2, -0.15) is 10.0 Å². The number of halogens is 1. The molecule has 5 nitrogen and oxygen atoms in total. The fraction of sp³-hybridized carbons (Fsp3) is 0.105. The van der Waals surface area contributed by atoms with Crippen molar-refractivity contribution in [2.45, 2.75) is 13.5 Å². The standard InChI is InChI=1S/C19H13FN4O/c1-12-10-23-17-7-6-13(9-21)8-15(17)19(24(25)11-18(23)22-12)14-4-2-3-5-16(14)20/h2-8,10H,11H2,1H3. The minimum Gasteiger partial charge on any atom is -0.623 e. The lowest BCUT2D eigenvalue weighted by molar-refractivity contribution is -0.475. The molecule has 4 rings (SSSR count). The van der Waals surface area contributed by atoms with Crippen molar-refractivity contribution in [2.24, 2.45) is 0 Å². The number of hydrogen-bond donors (Lipinski definition) is 0. The highest BCUT2D eigenvalue weighted by Gasteiger charge is 2.29. The smallest absolute Gasteiger partial charge is 0.231 e. The quantitative estimate of drug-likeness (QED) is 0.508. The number of hydroxylamine groups is 1. The number of aryl methyl sites for hydroxylation is 1. The van der Waals surface area contributed by atoms with E-state index in [1.54, 1.807) is 36.4 Å². The first-order valence-corrected chi connectivity index (χ1v) is 7.75. The molecule has 0 fully saturated rings. The lowest BCUT2D eigenvalue weighted by Crippen LogP contribution is -2.19. The normalized spacial score (nSPS) is 13.0. The Bertz CT molecular complexity index is 1080. The van der Waals surface area contributed by atoms with E-state index in [1.165, 1.54) is 6.07 Å². The number of nitriles is 1. The van der Waals surface area contributed by atoms with E-state index >= 15 is 0 Å². The van der Waals surface area contributed by atoms with Crippen molar-refractivity contribution in [3.05, 3.63) is 87.9 Å². The molecule has 6 heteroatoms. The van der Waals surface area contributed by atoms with Gasteiger partial charge in [-0.15, -0.1) is 0 Å². The largest absolute Gasteiger partial charge is 0.623 e. The van der Waals surface area contributed by atoms with Crippen LogP contribution in [-0.2, 0) is 6.54 Å². The summed E-state index contributed by atoms with van der Waals surface area (Å²) in [5, 5.41) is 22.1. The fourth-order valence-electron chi connectivity index (χ4n) is 3.15. The Labute approximate surface area is 143 Å². The zero-order valence-corrected chi connectivity index (χ0v) is 13.4. The fourth-order valence-corrected chi connectivity index (χ4v) is 3.15. The summed E-state index contributed by atoms with van der Waals surface area (Å²) in [5.74, 6) is 0.0900. The Morgan fingerprint density at radius 3 is 2.80 bits per heavy atom. The maximum absolute atomic E-state index is 14.4. The summed E-state index contributed by atoms with van der Waals surface area (Å²) in [6.07, 6.45) is 1.83. The van der Waals surface area contributed by atoms with Crippen molar-refractivity contribution in [1.82, 2.24) is 9.55 Å². The van der Waals surface area contributed by atoms with Crippen molar-refractivity contribution in [1.29, 1.82) is 5.26 Å². The summed E-state index contributed by atoms with van der Waals surface area (Å²) < 4.78 is 17.0. The van der Waals surface area contributed by atoms with E-state index in [1.807, 2.05) is 17.7 Å². The lowest BCUT2D eigenvalue weighted by Gasteiger charge is -2.11. The van der Waals surface area contributed by atoms with Gasteiger partial charge in [-0.25, -0.2) is 9.37 Å². The van der Waals surface area contributed by atoms with Crippen LogP contribution in [-0.4, -0.2) is 20.0 Å². The zero-order chi connectivity index (χ0) is 17.6. The van der Waals surface area contributed by atoms with E-state index in [9.17, 15) is 14.9 Å². The van der Waals surface area contributed by atoms with Crippen LogP contribution in [0.25, 0.3) is 5.69 Å². The van der Waals surface area contributed by atoms with Gasteiger partial charge in [0.25, 0.3) is 0 Å². The summed E-state index contributed by atoms with van der Waals surface area (Å²) in [7, 11) is 0. The molecule has 0 saturated heterocycles. The van der Waals surface area contributed by atoms with Crippen LogP contribution in [0.5, 0.6) is 0 Å². The van der Waals surface area contributed by atoms with Gasteiger partial charge in [0.15, 0.2) is 5.82 Å². The van der Waals surface area contributed by atoms with Crippen molar-refractivity contribution in [3.63, 3.8) is 0 Å². The highest BCUT2D eigenvalue weighted by atomic mass is 19.1. The molecule has 0 atom stereocenters. The minimum absolute atomic E-state index is 0.00588. The molecular weight excluding hydrogens is 319 g/mol. The number of hydrogen-bond acceptors (Lipinski definition) is 3. The molecule has 1 aliphatic rings. The molecule has 0 aliphatic carbocycles. The first-order valence-electron chi connectivity index (χ1n) is 7.75. The third-order valence-corrected chi connectivity index (χ3v) is 4.20. The second kappa shape index (κ2) is 5.56. The lowest BCUT2D eigenvalue weighted by atomic mass is 9.98. The van der Waals surface area contributed by atoms with Gasteiger partial charge in [0.05, 0.1) is 34.1 Å². The van der Waals surface area contributed by atoms with Crippen LogP contribution >= 0.6 is 0 Å². The van der Waals surface area contributed by atoms with Gasteiger partial charge in [-0.05, 0) is 37.3 Å². The van der Waals surface area contributed by atoms with E-state index in [2.05, 4.69) is 11.1 Å². The van der Waals surface area contributed by atoms with Gasteiger partial charge in [0.2, 0.25) is 12.3 Å². The zero-order valence-electron chi connectivity index (χ0n) is 13.4. The van der Waals surface area contributed by atoms with Crippen molar-refractivity contribution < 1.29 is 9.13 Å². The average Bonchev–Trinajstić information content (AvgIpc) is 2.92. The molecular formula is C19H13FN4O. The molecule has 1 aromatic heterocycles. The van der Waals surface area contributed by atoms with Gasteiger partial charge in [0, 0.05) is 6.20 Å². The number of rotatable bonds is 1. The van der Waals surface area contributed by atoms with E-state index < -0.39 is 5.82 Å². The number of fused-ring (bicyclic) bond motifs is 3. The molecule has 0 bridgehead atoms. The summed E-state index contributed by atoms with van der Waals surface area (Å²) in [4.78, 5) is 4.40. The third kappa shape index (κ3) is 2.37. The van der Waals surface area contributed by atoms with Gasteiger partial charge in [-0.3, -0.25) is 4.57 Å². The van der Waals surface area contributed by atoms with Crippen LogP contribution in [0, 0.1) is 29.3 Å². The van der Waals surface area contributed by atoms with Gasteiger partial charge >= 0.3 is 0 Å². The SMILES string of the molecule is Cc1cn2c(n1)C[N+]([O-])=C(c1ccccc1F)c1cc(C#N)ccc1-2. The third-order valence-electron chi connectivity index (χ3n) is 4.20. The Balaban J connectivity index is 2.08. The molecule has 0 amide bonds. The highest BCUT2D eigenvalue weighted by molar-refractivity contribution is 6.12.